The highest BCUT2D eigenvalue weighted by atomic mass is 16.5. The van der Waals surface area contributed by atoms with Crippen LogP contribution in [0.15, 0.2) is 73.1 Å². The molecule has 0 saturated carbocycles. The third-order valence-corrected chi connectivity index (χ3v) is 5.20. The minimum atomic E-state index is -0.0558. The third-order valence-electron chi connectivity index (χ3n) is 5.20. The Bertz CT molecular complexity index is 1200. The average Bonchev–Trinajstić information content (AvgIpc) is 3.21. The largest absolute Gasteiger partial charge is 0.492 e. The molecule has 4 rings (SSSR count). The number of amides is 1. The van der Waals surface area contributed by atoms with Gasteiger partial charge in [-0.1, -0.05) is 23.8 Å². The molecule has 0 spiro atoms. The van der Waals surface area contributed by atoms with Crippen LogP contribution in [0.4, 0.5) is 0 Å². The highest BCUT2D eigenvalue weighted by Crippen LogP contribution is 2.16. The lowest BCUT2D eigenvalue weighted by Crippen LogP contribution is -2.30. The summed E-state index contributed by atoms with van der Waals surface area (Å²) in [7, 11) is 1.77. The molecule has 2 heterocycles. The molecule has 6 heteroatoms. The van der Waals surface area contributed by atoms with E-state index < -0.39 is 0 Å². The standard InChI is InChI=1S/C26H27N3O3/c1-19-4-9-23(10-5-19)31-15-14-28(3)26(30)21-7-11-24(12-8-21)32-18-22-17-29-16-20(2)6-13-25(29)27-22/h4-13,16-17H,14-15,18H2,1-3H3. The fraction of sp³-hybridized carbons (Fsp3) is 0.231. The molecule has 0 saturated heterocycles. The molecule has 0 aliphatic heterocycles. The number of aryl methyl sites for hydroxylation is 2. The van der Waals surface area contributed by atoms with Crippen molar-refractivity contribution in [2.24, 2.45) is 0 Å². The molecule has 0 aliphatic rings. The van der Waals surface area contributed by atoms with Crippen LogP contribution >= 0.6 is 0 Å². The van der Waals surface area contributed by atoms with Crippen LogP contribution in [0.25, 0.3) is 5.65 Å². The summed E-state index contributed by atoms with van der Waals surface area (Å²) in [6.07, 6.45) is 4.00. The summed E-state index contributed by atoms with van der Waals surface area (Å²) in [6.45, 7) is 5.38. The topological polar surface area (TPSA) is 56.1 Å². The van der Waals surface area contributed by atoms with Crippen molar-refractivity contribution in [1.82, 2.24) is 14.3 Å². The first kappa shape index (κ1) is 21.4. The lowest BCUT2D eigenvalue weighted by Gasteiger charge is -2.18. The van der Waals surface area contributed by atoms with Gasteiger partial charge in [-0.25, -0.2) is 4.98 Å². The molecule has 2 aromatic carbocycles. The van der Waals surface area contributed by atoms with E-state index in [-0.39, 0.29) is 5.91 Å². The Kier molecular flexibility index (Phi) is 6.40. The van der Waals surface area contributed by atoms with Crippen LogP contribution in [0.5, 0.6) is 11.5 Å². The molecule has 0 unspecified atom stereocenters. The maximum absolute atomic E-state index is 12.7. The highest BCUT2D eigenvalue weighted by molar-refractivity contribution is 5.94. The van der Waals surface area contributed by atoms with E-state index in [1.54, 1.807) is 24.1 Å². The van der Waals surface area contributed by atoms with E-state index in [0.29, 0.717) is 31.1 Å². The van der Waals surface area contributed by atoms with Crippen molar-refractivity contribution < 1.29 is 14.3 Å². The van der Waals surface area contributed by atoms with Crippen LogP contribution in [0.1, 0.15) is 27.2 Å². The SMILES string of the molecule is Cc1ccc(OCCN(C)C(=O)c2ccc(OCc3cn4cc(C)ccc4n3)cc2)cc1. The quantitative estimate of drug-likeness (QED) is 0.408. The number of rotatable bonds is 8. The molecule has 1 amide bonds. The van der Waals surface area contributed by atoms with Gasteiger partial charge in [0.25, 0.3) is 5.91 Å². The Labute approximate surface area is 188 Å². The maximum atomic E-state index is 12.7. The number of hydrogen-bond donors (Lipinski definition) is 0. The minimum Gasteiger partial charge on any atom is -0.492 e. The number of aromatic nitrogens is 2. The number of pyridine rings is 1. The van der Waals surface area contributed by atoms with Crippen LogP contribution in [-0.2, 0) is 6.61 Å². The molecule has 0 fully saturated rings. The second kappa shape index (κ2) is 9.56. The van der Waals surface area contributed by atoms with Gasteiger partial charge in [-0.15, -0.1) is 0 Å². The van der Waals surface area contributed by atoms with E-state index in [1.165, 1.54) is 11.1 Å². The van der Waals surface area contributed by atoms with Crippen molar-refractivity contribution in [2.75, 3.05) is 20.2 Å². The Balaban J connectivity index is 1.27. The van der Waals surface area contributed by atoms with E-state index in [1.807, 2.05) is 79.2 Å². The number of fused-ring (bicyclic) bond motifs is 1. The Morgan fingerprint density at radius 1 is 0.875 bits per heavy atom. The predicted molar refractivity (Wildman–Crippen MR) is 124 cm³/mol. The second-order valence-corrected chi connectivity index (χ2v) is 7.91. The summed E-state index contributed by atoms with van der Waals surface area (Å²) in [4.78, 5) is 18.9. The Hall–Kier alpha value is -3.80. The Morgan fingerprint density at radius 2 is 1.53 bits per heavy atom. The zero-order chi connectivity index (χ0) is 22.5. The monoisotopic (exact) mass is 429 g/mol. The fourth-order valence-corrected chi connectivity index (χ4v) is 3.33. The van der Waals surface area contributed by atoms with Gasteiger partial charge >= 0.3 is 0 Å². The molecule has 32 heavy (non-hydrogen) atoms. The molecule has 0 atom stereocenters. The third kappa shape index (κ3) is 5.27. The van der Waals surface area contributed by atoms with Crippen LogP contribution in [0.2, 0.25) is 0 Å². The van der Waals surface area contributed by atoms with Gasteiger partial charge in [0.15, 0.2) is 0 Å². The van der Waals surface area contributed by atoms with Crippen molar-refractivity contribution in [3.05, 3.63) is 95.4 Å². The van der Waals surface area contributed by atoms with E-state index in [2.05, 4.69) is 4.98 Å². The zero-order valence-electron chi connectivity index (χ0n) is 18.6. The number of imidazole rings is 1. The van der Waals surface area contributed by atoms with Crippen LogP contribution in [-0.4, -0.2) is 40.4 Å². The van der Waals surface area contributed by atoms with E-state index in [4.69, 9.17) is 9.47 Å². The van der Waals surface area contributed by atoms with Crippen molar-refractivity contribution in [3.8, 4) is 11.5 Å². The maximum Gasteiger partial charge on any atom is 0.253 e. The summed E-state index contributed by atoms with van der Waals surface area (Å²) in [5, 5.41) is 0. The van der Waals surface area contributed by atoms with Gasteiger partial charge < -0.3 is 18.8 Å². The first-order valence-corrected chi connectivity index (χ1v) is 10.6. The lowest BCUT2D eigenvalue weighted by molar-refractivity contribution is 0.0773. The fourth-order valence-electron chi connectivity index (χ4n) is 3.33. The van der Waals surface area contributed by atoms with Gasteiger partial charge in [0.2, 0.25) is 0 Å². The van der Waals surface area contributed by atoms with Gasteiger partial charge in [0.05, 0.1) is 12.2 Å². The summed E-state index contributed by atoms with van der Waals surface area (Å²) < 4.78 is 13.6. The highest BCUT2D eigenvalue weighted by Gasteiger charge is 2.12. The number of benzene rings is 2. The molecule has 2 aromatic heterocycles. The van der Waals surface area contributed by atoms with Crippen LogP contribution in [0, 0.1) is 13.8 Å². The molecule has 164 valence electrons. The van der Waals surface area contributed by atoms with Gasteiger partial charge in [-0.05, 0) is 61.9 Å². The molecular formula is C26H27N3O3. The molecule has 0 aliphatic carbocycles. The van der Waals surface area contributed by atoms with Gasteiger partial charge in [0.1, 0.15) is 30.4 Å². The normalized spacial score (nSPS) is 10.8. The molecule has 0 N–H and O–H groups in total. The Morgan fingerprint density at radius 3 is 2.28 bits per heavy atom. The lowest BCUT2D eigenvalue weighted by atomic mass is 10.2. The molecular weight excluding hydrogens is 402 g/mol. The molecule has 0 bridgehead atoms. The van der Waals surface area contributed by atoms with Crippen LogP contribution < -0.4 is 9.47 Å². The van der Waals surface area contributed by atoms with Gasteiger partial charge in [-0.2, -0.15) is 0 Å². The number of hydrogen-bond acceptors (Lipinski definition) is 4. The molecule has 6 nitrogen and oxygen atoms in total. The van der Waals surface area contributed by atoms with Crippen LogP contribution in [0.3, 0.4) is 0 Å². The second-order valence-electron chi connectivity index (χ2n) is 7.91. The molecule has 0 radical (unpaired) electrons. The van der Waals surface area contributed by atoms with Gasteiger partial charge in [-0.3, -0.25) is 4.79 Å². The van der Waals surface area contributed by atoms with E-state index in [0.717, 1.165) is 17.1 Å². The summed E-state index contributed by atoms with van der Waals surface area (Å²) in [5.74, 6) is 1.44. The van der Waals surface area contributed by atoms with E-state index in [9.17, 15) is 4.79 Å². The first-order chi connectivity index (χ1) is 15.5. The van der Waals surface area contributed by atoms with Crippen molar-refractivity contribution >= 4 is 11.6 Å². The number of ether oxygens (including phenoxy) is 2. The predicted octanol–water partition coefficient (Wildman–Crippen LogP) is 4.68. The van der Waals surface area contributed by atoms with Crippen molar-refractivity contribution in [1.29, 1.82) is 0 Å². The van der Waals surface area contributed by atoms with Crippen molar-refractivity contribution in [2.45, 2.75) is 20.5 Å². The number of carbonyl (C=O) groups is 1. The summed E-state index contributed by atoms with van der Waals surface area (Å²) >= 11 is 0. The van der Waals surface area contributed by atoms with E-state index >= 15 is 0 Å². The summed E-state index contributed by atoms with van der Waals surface area (Å²) in [6, 6.07) is 19.1. The smallest absolute Gasteiger partial charge is 0.253 e. The van der Waals surface area contributed by atoms with Crippen molar-refractivity contribution in [3.63, 3.8) is 0 Å². The number of likely N-dealkylation sites (N-methyl/N-ethyl adjacent to an activating group) is 1. The molecule has 4 aromatic rings. The average molecular weight is 430 g/mol. The number of nitrogens with zero attached hydrogens (tertiary/aromatic N) is 3. The zero-order valence-corrected chi connectivity index (χ0v) is 18.6. The minimum absolute atomic E-state index is 0.0558. The van der Waals surface area contributed by atoms with Gasteiger partial charge in [0, 0.05) is 25.0 Å². The number of carbonyl (C=O) groups excluding carboxylic acids is 1. The first-order valence-electron chi connectivity index (χ1n) is 10.6. The summed E-state index contributed by atoms with van der Waals surface area (Å²) in [5.41, 5.74) is 4.71.